The average molecular weight is 264 g/mol. The molecule has 19 heavy (non-hydrogen) atoms. The minimum atomic E-state index is 1.05. The molecular formula is C18H32O. The molecule has 1 heteroatoms. The molecule has 1 N–H and O–H groups in total. The first-order valence-corrected chi connectivity index (χ1v) is 8.04. The summed E-state index contributed by atoms with van der Waals surface area (Å²) in [6.45, 7) is 2.27. The van der Waals surface area contributed by atoms with Gasteiger partial charge in [0.15, 0.2) is 0 Å². The minimum Gasteiger partial charge on any atom is -0.516 e. The molecule has 0 rings (SSSR count). The maximum Gasteiger partial charge on any atom is 0.0791 e. The summed E-state index contributed by atoms with van der Waals surface area (Å²) >= 11 is 0. The summed E-state index contributed by atoms with van der Waals surface area (Å²) in [5.74, 6) is 0. The van der Waals surface area contributed by atoms with Crippen molar-refractivity contribution in [2.45, 2.75) is 77.6 Å². The van der Waals surface area contributed by atoms with Gasteiger partial charge in [-0.2, -0.15) is 0 Å². The van der Waals surface area contributed by atoms with E-state index >= 15 is 0 Å². The van der Waals surface area contributed by atoms with E-state index < -0.39 is 0 Å². The van der Waals surface area contributed by atoms with Crippen LogP contribution in [0.5, 0.6) is 0 Å². The molecule has 0 fully saturated rings. The summed E-state index contributed by atoms with van der Waals surface area (Å²) in [6, 6.07) is 0. The van der Waals surface area contributed by atoms with Gasteiger partial charge in [-0.15, -0.1) is 0 Å². The van der Waals surface area contributed by atoms with E-state index in [0.29, 0.717) is 0 Å². The van der Waals surface area contributed by atoms with E-state index in [-0.39, 0.29) is 0 Å². The van der Waals surface area contributed by atoms with Gasteiger partial charge >= 0.3 is 0 Å². The first-order chi connectivity index (χ1) is 9.41. The zero-order chi connectivity index (χ0) is 14.0. The molecule has 0 atom stereocenters. The third kappa shape index (κ3) is 17.0. The quantitative estimate of drug-likeness (QED) is 0.229. The first-order valence-electron chi connectivity index (χ1n) is 8.04. The van der Waals surface area contributed by atoms with Crippen molar-refractivity contribution in [2.24, 2.45) is 0 Å². The maximum atomic E-state index is 8.41. The molecule has 0 unspecified atom stereocenters. The predicted octanol–water partition coefficient (Wildman–Crippen LogP) is 6.48. The molecule has 0 aromatic rings. The van der Waals surface area contributed by atoms with E-state index in [9.17, 15) is 0 Å². The van der Waals surface area contributed by atoms with Crippen molar-refractivity contribution in [3.8, 4) is 0 Å². The first kappa shape index (κ1) is 18.0. The molecule has 0 radical (unpaired) electrons. The molecule has 0 saturated heterocycles. The standard InChI is InChI=1S/C18H32O/c1-2-3-4-5-6-7-8-9-10-11-12-13-14-15-16-17-18-19/h13-19H,2-12H2,1H3/b14-13-,16-15+,18-17?. The number of hydrogen-bond donors (Lipinski definition) is 1. The summed E-state index contributed by atoms with van der Waals surface area (Å²) in [7, 11) is 0. The molecule has 0 heterocycles. The molecule has 0 aliphatic carbocycles. The minimum absolute atomic E-state index is 1.05. The van der Waals surface area contributed by atoms with Crippen molar-refractivity contribution < 1.29 is 5.11 Å². The van der Waals surface area contributed by atoms with Crippen molar-refractivity contribution in [3.63, 3.8) is 0 Å². The highest BCUT2D eigenvalue weighted by Crippen LogP contribution is 2.11. The summed E-state index contributed by atoms with van der Waals surface area (Å²) in [6.07, 6.45) is 25.8. The Labute approximate surface area is 120 Å². The van der Waals surface area contributed by atoms with Crippen LogP contribution in [-0.2, 0) is 0 Å². The highest BCUT2D eigenvalue weighted by Gasteiger charge is 1.91. The van der Waals surface area contributed by atoms with Crippen molar-refractivity contribution >= 4 is 0 Å². The summed E-state index contributed by atoms with van der Waals surface area (Å²) in [5.41, 5.74) is 0. The van der Waals surface area contributed by atoms with Gasteiger partial charge in [-0.3, -0.25) is 0 Å². The fourth-order valence-electron chi connectivity index (χ4n) is 2.10. The van der Waals surface area contributed by atoms with E-state index in [2.05, 4.69) is 13.0 Å². The zero-order valence-electron chi connectivity index (χ0n) is 12.7. The molecular weight excluding hydrogens is 232 g/mol. The van der Waals surface area contributed by atoms with Gasteiger partial charge in [-0.1, -0.05) is 89.0 Å². The molecule has 0 aromatic heterocycles. The molecule has 0 spiro atoms. The molecule has 0 aromatic carbocycles. The van der Waals surface area contributed by atoms with Gasteiger partial charge in [-0.25, -0.2) is 0 Å². The second-order valence-electron chi connectivity index (χ2n) is 5.13. The third-order valence-corrected chi connectivity index (χ3v) is 3.28. The van der Waals surface area contributed by atoms with Gasteiger partial charge < -0.3 is 5.11 Å². The number of rotatable bonds is 13. The third-order valence-electron chi connectivity index (χ3n) is 3.28. The van der Waals surface area contributed by atoms with Crippen molar-refractivity contribution in [2.75, 3.05) is 0 Å². The number of unbranched alkanes of at least 4 members (excludes halogenated alkanes) is 10. The highest BCUT2D eigenvalue weighted by atomic mass is 16.2. The van der Waals surface area contributed by atoms with Gasteiger partial charge in [0, 0.05) is 0 Å². The lowest BCUT2D eigenvalue weighted by atomic mass is 10.1. The lowest BCUT2D eigenvalue weighted by Gasteiger charge is -2.01. The maximum absolute atomic E-state index is 8.41. The monoisotopic (exact) mass is 264 g/mol. The van der Waals surface area contributed by atoms with E-state index in [1.54, 1.807) is 6.08 Å². The van der Waals surface area contributed by atoms with Crippen molar-refractivity contribution in [1.29, 1.82) is 0 Å². The van der Waals surface area contributed by atoms with Crippen LogP contribution in [0.4, 0.5) is 0 Å². The summed E-state index contributed by atoms with van der Waals surface area (Å²) < 4.78 is 0. The predicted molar refractivity (Wildman–Crippen MR) is 86.5 cm³/mol. The number of hydrogen-bond acceptors (Lipinski definition) is 1. The van der Waals surface area contributed by atoms with Crippen LogP contribution in [0.15, 0.2) is 36.6 Å². The normalized spacial score (nSPS) is 12.3. The zero-order valence-corrected chi connectivity index (χ0v) is 12.7. The molecule has 0 amide bonds. The van der Waals surface area contributed by atoms with E-state index in [1.807, 2.05) is 18.2 Å². The van der Waals surface area contributed by atoms with Gasteiger partial charge in [0.25, 0.3) is 0 Å². The van der Waals surface area contributed by atoms with Crippen LogP contribution in [0, 0.1) is 0 Å². The Morgan fingerprint density at radius 1 is 0.632 bits per heavy atom. The molecule has 0 bridgehead atoms. The van der Waals surface area contributed by atoms with Crippen LogP contribution >= 0.6 is 0 Å². The Hall–Kier alpha value is -0.980. The molecule has 0 saturated carbocycles. The summed E-state index contributed by atoms with van der Waals surface area (Å²) in [4.78, 5) is 0. The van der Waals surface area contributed by atoms with Crippen LogP contribution in [0.3, 0.4) is 0 Å². The Morgan fingerprint density at radius 2 is 1.16 bits per heavy atom. The van der Waals surface area contributed by atoms with Crippen molar-refractivity contribution in [1.82, 2.24) is 0 Å². The number of allylic oxidation sites excluding steroid dienone is 5. The number of aliphatic hydroxyl groups is 1. The van der Waals surface area contributed by atoms with E-state index in [1.165, 1.54) is 70.6 Å². The summed E-state index contributed by atoms with van der Waals surface area (Å²) in [5, 5.41) is 8.41. The average Bonchev–Trinajstić information content (AvgIpc) is 2.43. The fraction of sp³-hybridized carbons (Fsp3) is 0.667. The molecule has 1 nitrogen and oxygen atoms in total. The Kier molecular flexibility index (Phi) is 16.1. The SMILES string of the molecule is CCCCCCCCCCCC/C=C\C=C\C=CO. The Bertz CT molecular complexity index is 238. The van der Waals surface area contributed by atoms with E-state index in [4.69, 9.17) is 5.11 Å². The van der Waals surface area contributed by atoms with Crippen LogP contribution in [0.2, 0.25) is 0 Å². The van der Waals surface area contributed by atoms with Gasteiger partial charge in [0.1, 0.15) is 0 Å². The second-order valence-corrected chi connectivity index (χ2v) is 5.13. The molecule has 0 aliphatic heterocycles. The molecule has 0 aliphatic rings. The lowest BCUT2D eigenvalue weighted by Crippen LogP contribution is -1.81. The second kappa shape index (κ2) is 17.0. The fourth-order valence-corrected chi connectivity index (χ4v) is 2.10. The van der Waals surface area contributed by atoms with Gasteiger partial charge in [-0.05, 0) is 18.9 Å². The van der Waals surface area contributed by atoms with E-state index in [0.717, 1.165) is 6.26 Å². The Morgan fingerprint density at radius 3 is 1.74 bits per heavy atom. The van der Waals surface area contributed by atoms with Crippen LogP contribution in [0.25, 0.3) is 0 Å². The van der Waals surface area contributed by atoms with Crippen LogP contribution in [0.1, 0.15) is 77.6 Å². The number of aliphatic hydroxyl groups excluding tert-OH is 1. The smallest absolute Gasteiger partial charge is 0.0791 e. The van der Waals surface area contributed by atoms with Crippen LogP contribution in [-0.4, -0.2) is 5.11 Å². The van der Waals surface area contributed by atoms with Gasteiger partial charge in [0.05, 0.1) is 6.26 Å². The Balaban J connectivity index is 3.10. The van der Waals surface area contributed by atoms with Crippen LogP contribution < -0.4 is 0 Å². The largest absolute Gasteiger partial charge is 0.516 e. The molecule has 110 valence electrons. The topological polar surface area (TPSA) is 20.2 Å². The van der Waals surface area contributed by atoms with Crippen molar-refractivity contribution in [3.05, 3.63) is 36.6 Å². The lowest BCUT2D eigenvalue weighted by molar-refractivity contribution is 0.474. The van der Waals surface area contributed by atoms with Gasteiger partial charge in [0.2, 0.25) is 0 Å². The highest BCUT2D eigenvalue weighted by molar-refractivity contribution is 5.09.